The van der Waals surface area contributed by atoms with Crippen molar-refractivity contribution in [3.05, 3.63) is 22.2 Å². The van der Waals surface area contributed by atoms with Crippen molar-refractivity contribution in [1.82, 2.24) is 4.72 Å². The Labute approximate surface area is 116 Å². The van der Waals surface area contributed by atoms with Gasteiger partial charge in [0.2, 0.25) is 10.0 Å². The van der Waals surface area contributed by atoms with Crippen LogP contribution in [0.2, 0.25) is 0 Å². The van der Waals surface area contributed by atoms with Crippen LogP contribution in [0.3, 0.4) is 0 Å². The summed E-state index contributed by atoms with van der Waals surface area (Å²) in [5.74, 6) is 0. The van der Waals surface area contributed by atoms with Crippen molar-refractivity contribution < 1.29 is 13.5 Å². The van der Waals surface area contributed by atoms with Gasteiger partial charge in [-0.05, 0) is 38.0 Å². The first-order chi connectivity index (χ1) is 8.24. The summed E-state index contributed by atoms with van der Waals surface area (Å²) in [4.78, 5) is 0.153. The Morgan fingerprint density at radius 2 is 2.11 bits per heavy atom. The summed E-state index contributed by atoms with van der Waals surface area (Å²) in [5, 5.41) is 9.10. The van der Waals surface area contributed by atoms with Gasteiger partial charge in [0.05, 0.1) is 11.0 Å². The number of nitrogens with one attached hydrogen (secondary N) is 1. The predicted octanol–water partition coefficient (Wildman–Crippen LogP) is 1.39. The zero-order valence-corrected chi connectivity index (χ0v) is 12.7. The molecule has 0 aliphatic carbocycles. The minimum absolute atomic E-state index is 0.153. The Morgan fingerprint density at radius 1 is 1.50 bits per heavy atom. The second-order valence-corrected chi connectivity index (χ2v) is 6.80. The van der Waals surface area contributed by atoms with Crippen LogP contribution in [0.25, 0.3) is 0 Å². The Bertz CT molecular complexity index is 529. The maximum absolute atomic E-state index is 12.1. The van der Waals surface area contributed by atoms with E-state index >= 15 is 0 Å². The highest BCUT2D eigenvalue weighted by Crippen LogP contribution is 2.26. The highest BCUT2D eigenvalue weighted by atomic mass is 79.9. The quantitative estimate of drug-likeness (QED) is 0.708. The van der Waals surface area contributed by atoms with E-state index in [2.05, 4.69) is 20.7 Å². The Balaban J connectivity index is 2.98. The summed E-state index contributed by atoms with van der Waals surface area (Å²) in [5.41, 5.74) is 6.67. The molecular weight excluding hydrogens is 320 g/mol. The molecule has 0 aliphatic rings. The summed E-state index contributed by atoms with van der Waals surface area (Å²) in [7, 11) is -3.60. The van der Waals surface area contributed by atoms with Crippen molar-refractivity contribution in [2.24, 2.45) is 0 Å². The lowest BCUT2D eigenvalue weighted by Gasteiger charge is -2.12. The minimum Gasteiger partial charge on any atom is -0.398 e. The van der Waals surface area contributed by atoms with Crippen molar-refractivity contribution in [2.45, 2.75) is 31.3 Å². The molecule has 1 unspecified atom stereocenters. The lowest BCUT2D eigenvalue weighted by Crippen LogP contribution is -2.27. The molecule has 0 saturated carbocycles. The van der Waals surface area contributed by atoms with E-state index in [1.165, 1.54) is 6.07 Å². The van der Waals surface area contributed by atoms with Gasteiger partial charge in [-0.25, -0.2) is 13.1 Å². The van der Waals surface area contributed by atoms with E-state index in [4.69, 9.17) is 10.8 Å². The van der Waals surface area contributed by atoms with Crippen LogP contribution in [-0.2, 0) is 10.0 Å². The largest absolute Gasteiger partial charge is 0.398 e. The number of sulfonamides is 1. The molecule has 0 radical (unpaired) electrons. The average Bonchev–Trinajstić information content (AvgIpc) is 2.22. The van der Waals surface area contributed by atoms with Gasteiger partial charge in [-0.1, -0.05) is 15.9 Å². The van der Waals surface area contributed by atoms with Crippen LogP contribution in [0, 0.1) is 6.92 Å². The molecule has 0 aromatic heterocycles. The maximum atomic E-state index is 12.1. The Kier molecular flexibility index (Phi) is 5.15. The van der Waals surface area contributed by atoms with Crippen molar-refractivity contribution in [2.75, 3.05) is 12.3 Å². The fraction of sp³-hybridized carbons (Fsp3) is 0.455. The molecule has 1 aromatic carbocycles. The van der Waals surface area contributed by atoms with Crippen LogP contribution < -0.4 is 10.5 Å². The number of rotatable bonds is 5. The molecule has 1 atom stereocenters. The van der Waals surface area contributed by atoms with Gasteiger partial charge in [0.1, 0.15) is 0 Å². The molecule has 0 heterocycles. The number of benzene rings is 1. The van der Waals surface area contributed by atoms with E-state index in [9.17, 15) is 8.42 Å². The standard InChI is InChI=1S/C11H17BrN2O3S/c1-7(15)3-4-14-18(16,17)11-6-9(12)5-10(13)8(11)2/h5-7,14-15H,3-4,13H2,1-2H3. The third-order valence-corrected chi connectivity index (χ3v) is 4.55. The molecule has 5 nitrogen and oxygen atoms in total. The van der Waals surface area contributed by atoms with Crippen LogP contribution in [-0.4, -0.2) is 26.2 Å². The molecule has 0 amide bonds. The highest BCUT2D eigenvalue weighted by molar-refractivity contribution is 9.10. The zero-order chi connectivity index (χ0) is 13.9. The number of nitrogens with two attached hydrogens (primary N) is 1. The van der Waals surface area contributed by atoms with Gasteiger partial charge >= 0.3 is 0 Å². The molecule has 1 rings (SSSR count). The topological polar surface area (TPSA) is 92.4 Å². The van der Waals surface area contributed by atoms with E-state index in [0.717, 1.165) is 0 Å². The van der Waals surface area contributed by atoms with Crippen LogP contribution in [0.4, 0.5) is 5.69 Å². The lowest BCUT2D eigenvalue weighted by molar-refractivity contribution is 0.186. The Hall–Kier alpha value is -0.630. The number of aliphatic hydroxyl groups excluding tert-OH is 1. The number of nitrogen functional groups attached to an aromatic ring is 1. The summed E-state index contributed by atoms with van der Waals surface area (Å²) < 4.78 is 27.2. The number of halogens is 1. The van der Waals surface area contributed by atoms with Crippen molar-refractivity contribution >= 4 is 31.6 Å². The van der Waals surface area contributed by atoms with Gasteiger partial charge in [-0.2, -0.15) is 0 Å². The molecule has 18 heavy (non-hydrogen) atoms. The van der Waals surface area contributed by atoms with Gasteiger partial charge in [0, 0.05) is 16.7 Å². The number of anilines is 1. The molecule has 0 fully saturated rings. The average molecular weight is 337 g/mol. The molecule has 1 aromatic rings. The maximum Gasteiger partial charge on any atom is 0.240 e. The van der Waals surface area contributed by atoms with E-state index < -0.39 is 16.1 Å². The van der Waals surface area contributed by atoms with E-state index in [0.29, 0.717) is 22.1 Å². The number of hydrogen-bond acceptors (Lipinski definition) is 4. The first kappa shape index (κ1) is 15.4. The molecule has 102 valence electrons. The summed E-state index contributed by atoms with van der Waals surface area (Å²) >= 11 is 3.22. The Morgan fingerprint density at radius 3 is 2.67 bits per heavy atom. The van der Waals surface area contributed by atoms with Gasteiger partial charge < -0.3 is 10.8 Å². The van der Waals surface area contributed by atoms with Crippen LogP contribution in [0.5, 0.6) is 0 Å². The number of aliphatic hydroxyl groups is 1. The lowest BCUT2D eigenvalue weighted by atomic mass is 10.2. The molecule has 7 heteroatoms. The molecule has 0 aliphatic heterocycles. The summed E-state index contributed by atoms with van der Waals surface area (Å²) in [6.45, 7) is 3.45. The van der Waals surface area contributed by atoms with Gasteiger partial charge in [-0.3, -0.25) is 0 Å². The molecule has 0 saturated heterocycles. The third kappa shape index (κ3) is 3.94. The molecule has 0 spiro atoms. The van der Waals surface area contributed by atoms with Crippen molar-refractivity contribution in [3.63, 3.8) is 0 Å². The van der Waals surface area contributed by atoms with Crippen molar-refractivity contribution in [3.8, 4) is 0 Å². The monoisotopic (exact) mass is 336 g/mol. The summed E-state index contributed by atoms with van der Waals surface area (Å²) in [6.07, 6.45) is -0.178. The zero-order valence-electron chi connectivity index (χ0n) is 10.3. The van der Waals surface area contributed by atoms with Gasteiger partial charge in [0.25, 0.3) is 0 Å². The van der Waals surface area contributed by atoms with Gasteiger partial charge in [0.15, 0.2) is 0 Å². The first-order valence-corrected chi connectivity index (χ1v) is 7.75. The van der Waals surface area contributed by atoms with Crippen LogP contribution >= 0.6 is 15.9 Å². The first-order valence-electron chi connectivity index (χ1n) is 5.47. The smallest absolute Gasteiger partial charge is 0.240 e. The minimum atomic E-state index is -3.60. The fourth-order valence-electron chi connectivity index (χ4n) is 1.43. The van der Waals surface area contributed by atoms with Crippen molar-refractivity contribution in [1.29, 1.82) is 0 Å². The highest BCUT2D eigenvalue weighted by Gasteiger charge is 2.18. The summed E-state index contributed by atoms with van der Waals surface area (Å²) in [6, 6.07) is 3.17. The predicted molar refractivity (Wildman–Crippen MR) is 74.8 cm³/mol. The van der Waals surface area contributed by atoms with E-state index in [1.807, 2.05) is 0 Å². The van der Waals surface area contributed by atoms with E-state index in [-0.39, 0.29) is 11.4 Å². The molecule has 0 bridgehead atoms. The fourth-order valence-corrected chi connectivity index (χ4v) is 3.41. The molecular formula is C11H17BrN2O3S. The molecule has 4 N–H and O–H groups in total. The SMILES string of the molecule is Cc1c(N)cc(Br)cc1S(=O)(=O)NCCC(C)O. The van der Waals surface area contributed by atoms with Gasteiger partial charge in [-0.15, -0.1) is 0 Å². The second-order valence-electron chi connectivity index (χ2n) is 4.15. The second kappa shape index (κ2) is 6.01. The van der Waals surface area contributed by atoms with E-state index in [1.54, 1.807) is 19.9 Å². The van der Waals surface area contributed by atoms with Crippen LogP contribution in [0.1, 0.15) is 18.9 Å². The third-order valence-electron chi connectivity index (χ3n) is 2.51. The van der Waals surface area contributed by atoms with Crippen LogP contribution in [0.15, 0.2) is 21.5 Å². The number of hydrogen-bond donors (Lipinski definition) is 3. The normalized spacial score (nSPS) is 13.6.